The Balaban J connectivity index is 1.43. The Morgan fingerprint density at radius 2 is 1.77 bits per heavy atom. The number of esters is 2. The monoisotopic (exact) mass is 481 g/mol. The maximum atomic E-state index is 12.2. The van der Waals surface area contributed by atoms with Crippen LogP contribution < -0.4 is 15.7 Å². The Bertz CT molecular complexity index is 1250. The molecule has 0 saturated carbocycles. The van der Waals surface area contributed by atoms with Gasteiger partial charge < -0.3 is 23.9 Å². The third-order valence-electron chi connectivity index (χ3n) is 5.04. The van der Waals surface area contributed by atoms with Crippen molar-refractivity contribution in [3.05, 3.63) is 75.6 Å². The van der Waals surface area contributed by atoms with Crippen LogP contribution in [0.4, 0.5) is 0 Å². The Morgan fingerprint density at radius 1 is 1.00 bits per heavy atom. The van der Waals surface area contributed by atoms with Gasteiger partial charge in [0.2, 0.25) is 0 Å². The number of nitrogens with one attached hydrogen (secondary N) is 1. The molecule has 0 aliphatic rings. The number of fused-ring (bicyclic) bond motifs is 1. The fraction of sp³-hybridized carbons (Fsp3) is 0.308. The molecule has 0 radical (unpaired) electrons. The van der Waals surface area contributed by atoms with E-state index in [1.165, 1.54) is 6.07 Å². The lowest BCUT2D eigenvalue weighted by Crippen LogP contribution is -2.30. The molecule has 0 fully saturated rings. The summed E-state index contributed by atoms with van der Waals surface area (Å²) in [6.45, 7) is 4.00. The Labute approximate surface area is 202 Å². The number of benzene rings is 2. The van der Waals surface area contributed by atoms with E-state index >= 15 is 0 Å². The van der Waals surface area contributed by atoms with Gasteiger partial charge in [0.15, 0.2) is 6.61 Å². The van der Waals surface area contributed by atoms with Crippen molar-refractivity contribution in [3.8, 4) is 5.75 Å². The molecule has 184 valence electrons. The van der Waals surface area contributed by atoms with Crippen LogP contribution in [0.2, 0.25) is 0 Å². The van der Waals surface area contributed by atoms with E-state index in [1.54, 1.807) is 43.3 Å². The third-order valence-corrected chi connectivity index (χ3v) is 5.04. The first kappa shape index (κ1) is 25.5. The van der Waals surface area contributed by atoms with E-state index in [9.17, 15) is 19.2 Å². The molecule has 1 heterocycles. The summed E-state index contributed by atoms with van der Waals surface area (Å²) < 4.78 is 20.8. The lowest BCUT2D eigenvalue weighted by Gasteiger charge is -2.09. The maximum Gasteiger partial charge on any atom is 0.338 e. The largest absolute Gasteiger partial charge is 0.489 e. The van der Waals surface area contributed by atoms with Crippen LogP contribution in [0.15, 0.2) is 57.7 Å². The van der Waals surface area contributed by atoms with Crippen LogP contribution in [0.25, 0.3) is 11.0 Å². The summed E-state index contributed by atoms with van der Waals surface area (Å²) in [6, 6.07) is 13.3. The number of amides is 1. The minimum atomic E-state index is -0.626. The highest BCUT2D eigenvalue weighted by Gasteiger charge is 2.11. The molecule has 1 aromatic heterocycles. The highest BCUT2D eigenvalue weighted by Crippen LogP contribution is 2.23. The van der Waals surface area contributed by atoms with E-state index in [2.05, 4.69) is 5.32 Å². The molecule has 0 aliphatic carbocycles. The van der Waals surface area contributed by atoms with Crippen molar-refractivity contribution >= 4 is 28.8 Å². The second-order valence-electron chi connectivity index (χ2n) is 7.73. The lowest BCUT2D eigenvalue weighted by atomic mass is 10.1. The number of ether oxygens (including phenoxy) is 3. The van der Waals surface area contributed by atoms with Crippen molar-refractivity contribution in [1.29, 1.82) is 0 Å². The SMILES string of the molecule is CCOC(=O)CCCNC(=O)COC(=O)c1ccc(COc2ccc3c(C)cc(=O)oc3c2)cc1. The first-order valence-corrected chi connectivity index (χ1v) is 11.2. The smallest absolute Gasteiger partial charge is 0.338 e. The molecular weight excluding hydrogens is 454 g/mol. The fourth-order valence-corrected chi connectivity index (χ4v) is 3.26. The molecule has 2 aromatic carbocycles. The topological polar surface area (TPSA) is 121 Å². The minimum Gasteiger partial charge on any atom is -0.489 e. The number of aryl methyl sites for hydroxylation is 1. The van der Waals surface area contributed by atoms with Crippen molar-refractivity contribution in [2.75, 3.05) is 19.8 Å². The van der Waals surface area contributed by atoms with Gasteiger partial charge in [-0.1, -0.05) is 12.1 Å². The first-order chi connectivity index (χ1) is 16.9. The summed E-state index contributed by atoms with van der Waals surface area (Å²) in [6.07, 6.45) is 0.649. The Morgan fingerprint density at radius 3 is 2.51 bits per heavy atom. The van der Waals surface area contributed by atoms with Crippen LogP contribution in [0.1, 0.15) is 41.3 Å². The van der Waals surface area contributed by atoms with Crippen molar-refractivity contribution in [3.63, 3.8) is 0 Å². The first-order valence-electron chi connectivity index (χ1n) is 11.2. The van der Waals surface area contributed by atoms with Gasteiger partial charge in [-0.15, -0.1) is 0 Å². The number of carbonyl (C=O) groups excluding carboxylic acids is 3. The molecule has 9 nitrogen and oxygen atoms in total. The van der Waals surface area contributed by atoms with Crippen molar-refractivity contribution in [2.45, 2.75) is 33.3 Å². The van der Waals surface area contributed by atoms with E-state index in [0.29, 0.717) is 29.9 Å². The number of hydrogen-bond donors (Lipinski definition) is 1. The van der Waals surface area contributed by atoms with Gasteiger partial charge in [-0.2, -0.15) is 0 Å². The van der Waals surface area contributed by atoms with E-state index in [0.717, 1.165) is 16.5 Å². The Hall–Kier alpha value is -4.14. The summed E-state index contributed by atoms with van der Waals surface area (Å²) in [5.41, 5.74) is 1.98. The summed E-state index contributed by atoms with van der Waals surface area (Å²) in [5, 5.41) is 3.42. The average molecular weight is 482 g/mol. The summed E-state index contributed by atoms with van der Waals surface area (Å²) in [4.78, 5) is 46.8. The van der Waals surface area contributed by atoms with Crippen molar-refractivity contribution in [2.24, 2.45) is 0 Å². The maximum absolute atomic E-state index is 12.2. The second-order valence-corrected chi connectivity index (χ2v) is 7.73. The zero-order chi connectivity index (χ0) is 25.2. The van der Waals surface area contributed by atoms with Gasteiger partial charge in [-0.3, -0.25) is 9.59 Å². The van der Waals surface area contributed by atoms with Gasteiger partial charge in [0, 0.05) is 30.5 Å². The number of rotatable bonds is 11. The summed E-state index contributed by atoms with van der Waals surface area (Å²) >= 11 is 0. The lowest BCUT2D eigenvalue weighted by molar-refractivity contribution is -0.143. The molecule has 0 spiro atoms. The molecule has 0 unspecified atom stereocenters. The van der Waals surface area contributed by atoms with Gasteiger partial charge in [0.05, 0.1) is 12.2 Å². The molecule has 35 heavy (non-hydrogen) atoms. The van der Waals surface area contributed by atoms with E-state index in [1.807, 2.05) is 13.0 Å². The minimum absolute atomic E-state index is 0.209. The van der Waals surface area contributed by atoms with Crippen LogP contribution in [-0.2, 0) is 25.7 Å². The third kappa shape index (κ3) is 7.70. The molecule has 0 saturated heterocycles. The van der Waals surface area contributed by atoms with E-state index in [4.69, 9.17) is 18.6 Å². The van der Waals surface area contributed by atoms with Gasteiger partial charge in [-0.25, -0.2) is 9.59 Å². The molecule has 9 heteroatoms. The standard InChI is InChI=1S/C26H27NO8/c1-3-32-24(29)5-4-12-27-23(28)16-34-26(31)19-8-6-18(7-9-19)15-33-20-10-11-21-17(2)13-25(30)35-22(21)14-20/h6-11,13-14H,3-5,12,15-16H2,1-2H3,(H,27,28). The molecule has 1 amide bonds. The van der Waals surface area contributed by atoms with Crippen molar-refractivity contribution in [1.82, 2.24) is 5.32 Å². The number of carbonyl (C=O) groups is 3. The zero-order valence-corrected chi connectivity index (χ0v) is 19.6. The second kappa shape index (κ2) is 12.4. The Kier molecular flexibility index (Phi) is 9.00. The highest BCUT2D eigenvalue weighted by molar-refractivity contribution is 5.91. The molecular formula is C26H27NO8. The van der Waals surface area contributed by atoms with Crippen LogP contribution in [0.3, 0.4) is 0 Å². The van der Waals surface area contributed by atoms with Crippen LogP contribution >= 0.6 is 0 Å². The predicted octanol–water partition coefficient (Wildman–Crippen LogP) is 3.30. The van der Waals surface area contributed by atoms with Crippen LogP contribution in [0, 0.1) is 6.92 Å². The zero-order valence-electron chi connectivity index (χ0n) is 19.6. The highest BCUT2D eigenvalue weighted by atomic mass is 16.5. The van der Waals surface area contributed by atoms with E-state index in [-0.39, 0.29) is 25.5 Å². The molecule has 0 bridgehead atoms. The molecule has 0 aliphatic heterocycles. The van der Waals surface area contributed by atoms with Crippen molar-refractivity contribution < 1.29 is 33.0 Å². The average Bonchev–Trinajstić information content (AvgIpc) is 2.84. The predicted molar refractivity (Wildman–Crippen MR) is 127 cm³/mol. The molecule has 3 rings (SSSR count). The van der Waals surface area contributed by atoms with Crippen LogP contribution in [-0.4, -0.2) is 37.6 Å². The van der Waals surface area contributed by atoms with Gasteiger partial charge in [-0.05, 0) is 55.7 Å². The van der Waals surface area contributed by atoms with Gasteiger partial charge >= 0.3 is 17.6 Å². The number of hydrogen-bond acceptors (Lipinski definition) is 8. The summed E-state index contributed by atoms with van der Waals surface area (Å²) in [7, 11) is 0. The fourth-order valence-electron chi connectivity index (χ4n) is 3.26. The van der Waals surface area contributed by atoms with E-state index < -0.39 is 24.1 Å². The normalized spacial score (nSPS) is 10.6. The molecule has 3 aromatic rings. The molecule has 1 N–H and O–H groups in total. The molecule has 0 atom stereocenters. The van der Waals surface area contributed by atoms with Crippen LogP contribution in [0.5, 0.6) is 5.75 Å². The van der Waals surface area contributed by atoms with Gasteiger partial charge in [0.1, 0.15) is 17.9 Å². The van der Waals surface area contributed by atoms with Gasteiger partial charge in [0.25, 0.3) is 5.91 Å². The quantitative estimate of drug-likeness (QED) is 0.252. The summed E-state index contributed by atoms with van der Waals surface area (Å²) in [5.74, 6) is -0.849.